The summed E-state index contributed by atoms with van der Waals surface area (Å²) in [5.74, 6) is -0.747. The number of carbonyl (C=O) groups is 2. The van der Waals surface area contributed by atoms with Gasteiger partial charge in [-0.2, -0.15) is 0 Å². The Morgan fingerprint density at radius 2 is 1.62 bits per heavy atom. The lowest BCUT2D eigenvalue weighted by molar-refractivity contribution is -0.153. The Kier molecular flexibility index (Phi) is 5.06. The number of hydrogen-bond acceptors (Lipinski definition) is 3. The number of likely N-dealkylation sites (tertiary alicyclic amines) is 1. The summed E-state index contributed by atoms with van der Waals surface area (Å²) in [5, 5.41) is 10.5. The van der Waals surface area contributed by atoms with Crippen LogP contribution in [0.5, 0.6) is 0 Å². The Labute approximate surface area is 141 Å². The van der Waals surface area contributed by atoms with Crippen molar-refractivity contribution in [1.82, 2.24) is 4.90 Å². The van der Waals surface area contributed by atoms with Crippen LogP contribution in [0.2, 0.25) is 0 Å². The molecule has 24 heavy (non-hydrogen) atoms. The van der Waals surface area contributed by atoms with Crippen LogP contribution < -0.4 is 0 Å². The van der Waals surface area contributed by atoms with Gasteiger partial charge in [-0.05, 0) is 24.0 Å². The predicted octanol–water partition coefficient (Wildman–Crippen LogP) is 3.39. The standard InChI is InChI=1S/C20H21NO3/c22-18-14-8-7-13-17(15-9-3-1-4-10-15)21(18)20(24)19(23)16-11-5-2-6-12-16/h1-6,9-12,17,19,23H,7-8,13-14H2/t17-,19?/m1/s1. The molecular formula is C20H21NO3. The fraction of sp³-hybridized carbons (Fsp3) is 0.300. The molecule has 4 heteroatoms. The molecule has 1 aliphatic heterocycles. The maximum Gasteiger partial charge on any atom is 0.263 e. The van der Waals surface area contributed by atoms with Gasteiger partial charge in [-0.3, -0.25) is 14.5 Å². The summed E-state index contributed by atoms with van der Waals surface area (Å²) in [6, 6.07) is 18.0. The molecule has 1 fully saturated rings. The highest BCUT2D eigenvalue weighted by molar-refractivity contribution is 5.98. The molecule has 0 aliphatic carbocycles. The van der Waals surface area contributed by atoms with Crippen molar-refractivity contribution >= 4 is 11.8 Å². The lowest BCUT2D eigenvalue weighted by Gasteiger charge is -2.30. The number of benzene rings is 2. The SMILES string of the molecule is O=C1CCCC[C@H](c2ccccc2)N1C(=O)C(O)c1ccccc1. The van der Waals surface area contributed by atoms with Gasteiger partial charge in [0, 0.05) is 6.42 Å². The van der Waals surface area contributed by atoms with E-state index >= 15 is 0 Å². The van der Waals surface area contributed by atoms with E-state index < -0.39 is 12.0 Å². The summed E-state index contributed by atoms with van der Waals surface area (Å²) in [6.07, 6.45) is 1.41. The summed E-state index contributed by atoms with van der Waals surface area (Å²) in [6.45, 7) is 0. The molecule has 3 rings (SSSR count). The van der Waals surface area contributed by atoms with Crippen molar-refractivity contribution in [1.29, 1.82) is 0 Å². The van der Waals surface area contributed by atoms with E-state index in [-0.39, 0.29) is 11.9 Å². The molecule has 0 radical (unpaired) electrons. The van der Waals surface area contributed by atoms with Gasteiger partial charge >= 0.3 is 0 Å². The third-order valence-electron chi connectivity index (χ3n) is 4.47. The van der Waals surface area contributed by atoms with Crippen LogP contribution in [0.1, 0.15) is 49.0 Å². The van der Waals surface area contributed by atoms with Gasteiger partial charge in [-0.1, -0.05) is 67.1 Å². The number of amides is 2. The highest BCUT2D eigenvalue weighted by atomic mass is 16.3. The topological polar surface area (TPSA) is 57.6 Å². The summed E-state index contributed by atoms with van der Waals surface area (Å²) in [4.78, 5) is 26.7. The van der Waals surface area contributed by atoms with Crippen LogP contribution in [-0.4, -0.2) is 21.8 Å². The van der Waals surface area contributed by atoms with E-state index in [2.05, 4.69) is 0 Å². The van der Waals surface area contributed by atoms with Crippen molar-refractivity contribution in [3.05, 3.63) is 71.8 Å². The maximum atomic E-state index is 12.9. The van der Waals surface area contributed by atoms with Gasteiger partial charge in [0.1, 0.15) is 0 Å². The zero-order valence-electron chi connectivity index (χ0n) is 13.5. The summed E-state index contributed by atoms with van der Waals surface area (Å²) in [7, 11) is 0. The summed E-state index contributed by atoms with van der Waals surface area (Å²) >= 11 is 0. The first-order valence-electron chi connectivity index (χ1n) is 8.32. The third-order valence-corrected chi connectivity index (χ3v) is 4.47. The van der Waals surface area contributed by atoms with Crippen molar-refractivity contribution in [2.75, 3.05) is 0 Å². The van der Waals surface area contributed by atoms with Gasteiger partial charge in [0.05, 0.1) is 6.04 Å². The van der Waals surface area contributed by atoms with E-state index in [1.807, 2.05) is 36.4 Å². The zero-order chi connectivity index (χ0) is 16.9. The fourth-order valence-corrected chi connectivity index (χ4v) is 3.21. The molecular weight excluding hydrogens is 302 g/mol. The van der Waals surface area contributed by atoms with Crippen LogP contribution in [-0.2, 0) is 9.59 Å². The molecule has 2 amide bonds. The van der Waals surface area contributed by atoms with Crippen LogP contribution in [0.25, 0.3) is 0 Å². The van der Waals surface area contributed by atoms with E-state index in [0.717, 1.165) is 24.8 Å². The Balaban J connectivity index is 1.93. The molecule has 2 aromatic carbocycles. The highest BCUT2D eigenvalue weighted by Crippen LogP contribution is 2.33. The summed E-state index contributed by atoms with van der Waals surface area (Å²) in [5.41, 5.74) is 1.44. The van der Waals surface area contributed by atoms with E-state index in [9.17, 15) is 14.7 Å². The number of imide groups is 1. The number of aliphatic hydroxyl groups is 1. The molecule has 1 unspecified atom stereocenters. The van der Waals surface area contributed by atoms with Crippen LogP contribution in [0.15, 0.2) is 60.7 Å². The van der Waals surface area contributed by atoms with Crippen molar-refractivity contribution in [2.45, 2.75) is 37.8 Å². The number of nitrogens with zero attached hydrogens (tertiary/aromatic N) is 1. The molecule has 0 aromatic heterocycles. The van der Waals surface area contributed by atoms with E-state index in [4.69, 9.17) is 0 Å². The smallest absolute Gasteiger partial charge is 0.263 e. The molecule has 124 valence electrons. The van der Waals surface area contributed by atoms with Crippen LogP contribution in [0, 0.1) is 0 Å². The largest absolute Gasteiger partial charge is 0.378 e. The van der Waals surface area contributed by atoms with E-state index in [0.29, 0.717) is 12.0 Å². The molecule has 0 saturated carbocycles. The van der Waals surface area contributed by atoms with E-state index in [1.54, 1.807) is 24.3 Å². The van der Waals surface area contributed by atoms with Crippen molar-refractivity contribution in [3.63, 3.8) is 0 Å². The minimum atomic E-state index is -1.32. The lowest BCUT2D eigenvalue weighted by atomic mass is 9.99. The normalized spacial score (nSPS) is 19.6. The second kappa shape index (κ2) is 7.41. The van der Waals surface area contributed by atoms with E-state index in [1.165, 1.54) is 4.90 Å². The molecule has 1 N–H and O–H groups in total. The Bertz CT molecular complexity index is 699. The van der Waals surface area contributed by atoms with Gasteiger partial charge < -0.3 is 5.11 Å². The molecule has 0 spiro atoms. The zero-order valence-corrected chi connectivity index (χ0v) is 13.5. The van der Waals surface area contributed by atoms with Crippen molar-refractivity contribution in [2.24, 2.45) is 0 Å². The predicted molar refractivity (Wildman–Crippen MR) is 90.9 cm³/mol. The lowest BCUT2D eigenvalue weighted by Crippen LogP contribution is -2.41. The molecule has 2 aromatic rings. The Morgan fingerprint density at radius 1 is 1.00 bits per heavy atom. The first-order chi connectivity index (χ1) is 11.7. The molecule has 4 nitrogen and oxygen atoms in total. The van der Waals surface area contributed by atoms with Gasteiger partial charge in [-0.15, -0.1) is 0 Å². The average molecular weight is 323 g/mol. The Morgan fingerprint density at radius 3 is 2.29 bits per heavy atom. The first kappa shape index (κ1) is 16.4. The monoisotopic (exact) mass is 323 g/mol. The van der Waals surface area contributed by atoms with Crippen LogP contribution in [0.3, 0.4) is 0 Å². The second-order valence-electron chi connectivity index (χ2n) is 6.09. The molecule has 2 atom stereocenters. The second-order valence-corrected chi connectivity index (χ2v) is 6.09. The van der Waals surface area contributed by atoms with Gasteiger partial charge in [0.2, 0.25) is 5.91 Å². The first-order valence-corrected chi connectivity index (χ1v) is 8.32. The van der Waals surface area contributed by atoms with Crippen LogP contribution in [0.4, 0.5) is 0 Å². The molecule has 1 saturated heterocycles. The average Bonchev–Trinajstić information content (AvgIpc) is 2.83. The fourth-order valence-electron chi connectivity index (χ4n) is 3.21. The minimum Gasteiger partial charge on any atom is -0.378 e. The summed E-state index contributed by atoms with van der Waals surface area (Å²) < 4.78 is 0. The van der Waals surface area contributed by atoms with Crippen LogP contribution >= 0.6 is 0 Å². The number of hydrogen-bond donors (Lipinski definition) is 1. The van der Waals surface area contributed by atoms with Gasteiger partial charge in [0.25, 0.3) is 5.91 Å². The molecule has 1 heterocycles. The number of rotatable bonds is 3. The van der Waals surface area contributed by atoms with Gasteiger partial charge in [0.15, 0.2) is 6.10 Å². The third kappa shape index (κ3) is 3.39. The number of aliphatic hydroxyl groups excluding tert-OH is 1. The van der Waals surface area contributed by atoms with Gasteiger partial charge in [-0.25, -0.2) is 0 Å². The maximum absolute atomic E-state index is 12.9. The number of carbonyl (C=O) groups excluding carboxylic acids is 2. The molecule has 1 aliphatic rings. The quantitative estimate of drug-likeness (QED) is 0.942. The Hall–Kier alpha value is -2.46. The molecule has 0 bridgehead atoms. The highest BCUT2D eigenvalue weighted by Gasteiger charge is 2.36. The minimum absolute atomic E-state index is 0.207. The van der Waals surface area contributed by atoms with Crippen molar-refractivity contribution in [3.8, 4) is 0 Å². The van der Waals surface area contributed by atoms with Crippen molar-refractivity contribution < 1.29 is 14.7 Å².